The van der Waals surface area contributed by atoms with E-state index in [1.54, 1.807) is 7.11 Å². The standard InChI is InChI=1S/C20H27N3O3/c1-25-19-5-3-16(4-6-19)11-17-7-9-22(13-17)14-18-12-21-23(15-18)10-8-20(24)26-2/h3-6,12,15,17H,7-11,13-14H2,1-2H3. The summed E-state index contributed by atoms with van der Waals surface area (Å²) in [7, 11) is 3.11. The van der Waals surface area contributed by atoms with Crippen LogP contribution in [-0.4, -0.2) is 48.0 Å². The van der Waals surface area contributed by atoms with Gasteiger partial charge in [-0.3, -0.25) is 14.4 Å². The smallest absolute Gasteiger partial charge is 0.307 e. The predicted octanol–water partition coefficient (Wildman–Crippen LogP) is 2.52. The van der Waals surface area contributed by atoms with E-state index >= 15 is 0 Å². The third-order valence-corrected chi connectivity index (χ3v) is 4.92. The van der Waals surface area contributed by atoms with Crippen LogP contribution in [0.3, 0.4) is 0 Å². The van der Waals surface area contributed by atoms with E-state index in [2.05, 4.69) is 26.9 Å². The molecule has 1 aromatic heterocycles. The summed E-state index contributed by atoms with van der Waals surface area (Å²) in [5.74, 6) is 1.40. The Morgan fingerprint density at radius 2 is 2.04 bits per heavy atom. The number of carbonyl (C=O) groups is 1. The normalized spacial score (nSPS) is 17.4. The van der Waals surface area contributed by atoms with Crippen LogP contribution in [-0.2, 0) is 29.0 Å². The van der Waals surface area contributed by atoms with Crippen molar-refractivity contribution in [1.82, 2.24) is 14.7 Å². The van der Waals surface area contributed by atoms with Crippen LogP contribution in [0.1, 0.15) is 24.0 Å². The van der Waals surface area contributed by atoms with Gasteiger partial charge in [-0.25, -0.2) is 0 Å². The average Bonchev–Trinajstić information content (AvgIpc) is 3.30. The van der Waals surface area contributed by atoms with E-state index in [0.29, 0.717) is 18.9 Å². The molecule has 0 amide bonds. The Hall–Kier alpha value is -2.34. The molecule has 26 heavy (non-hydrogen) atoms. The quantitative estimate of drug-likeness (QED) is 0.680. The summed E-state index contributed by atoms with van der Waals surface area (Å²) in [6.45, 7) is 3.71. The number of nitrogens with zero attached hydrogens (tertiary/aromatic N) is 3. The zero-order valence-corrected chi connectivity index (χ0v) is 15.6. The lowest BCUT2D eigenvalue weighted by molar-refractivity contribution is -0.140. The molecule has 1 aliphatic heterocycles. The summed E-state index contributed by atoms with van der Waals surface area (Å²) in [5, 5.41) is 4.34. The number of hydrogen-bond donors (Lipinski definition) is 0. The molecule has 2 heterocycles. The number of benzene rings is 1. The van der Waals surface area contributed by atoms with Gasteiger partial charge in [-0.2, -0.15) is 5.10 Å². The van der Waals surface area contributed by atoms with Gasteiger partial charge in [-0.15, -0.1) is 0 Å². The molecule has 0 saturated carbocycles. The zero-order valence-electron chi connectivity index (χ0n) is 15.6. The molecule has 0 radical (unpaired) electrons. The van der Waals surface area contributed by atoms with Gasteiger partial charge in [0.2, 0.25) is 0 Å². The van der Waals surface area contributed by atoms with E-state index in [4.69, 9.17) is 4.74 Å². The highest BCUT2D eigenvalue weighted by molar-refractivity contribution is 5.68. The molecule has 2 aromatic rings. The number of hydrogen-bond acceptors (Lipinski definition) is 5. The number of likely N-dealkylation sites (tertiary alicyclic amines) is 1. The van der Waals surface area contributed by atoms with Crippen LogP contribution in [0.5, 0.6) is 5.75 Å². The van der Waals surface area contributed by atoms with E-state index in [-0.39, 0.29) is 5.97 Å². The van der Waals surface area contributed by atoms with Gasteiger partial charge in [0.1, 0.15) is 5.75 Å². The molecule has 1 aliphatic rings. The third-order valence-electron chi connectivity index (χ3n) is 4.92. The first kappa shape index (κ1) is 18.5. The van der Waals surface area contributed by atoms with Crippen molar-refractivity contribution in [2.75, 3.05) is 27.3 Å². The Labute approximate surface area is 154 Å². The molecule has 140 valence electrons. The first-order valence-electron chi connectivity index (χ1n) is 9.09. The van der Waals surface area contributed by atoms with Gasteiger partial charge in [0.25, 0.3) is 0 Å². The average molecular weight is 357 g/mol. The predicted molar refractivity (Wildman–Crippen MR) is 98.9 cm³/mol. The maximum atomic E-state index is 11.2. The maximum Gasteiger partial charge on any atom is 0.307 e. The van der Waals surface area contributed by atoms with Crippen LogP contribution in [0, 0.1) is 5.92 Å². The molecule has 1 aromatic carbocycles. The number of ether oxygens (including phenoxy) is 2. The summed E-state index contributed by atoms with van der Waals surface area (Å²) in [5.41, 5.74) is 2.56. The Morgan fingerprint density at radius 3 is 2.77 bits per heavy atom. The van der Waals surface area contributed by atoms with Crippen LogP contribution in [0.25, 0.3) is 0 Å². The van der Waals surface area contributed by atoms with Crippen molar-refractivity contribution in [2.45, 2.75) is 32.4 Å². The molecule has 0 aliphatic carbocycles. The van der Waals surface area contributed by atoms with E-state index in [1.807, 2.05) is 29.2 Å². The molecule has 1 fully saturated rings. The van der Waals surface area contributed by atoms with Crippen molar-refractivity contribution in [2.24, 2.45) is 5.92 Å². The van der Waals surface area contributed by atoms with Gasteiger partial charge in [-0.05, 0) is 43.0 Å². The fourth-order valence-corrected chi connectivity index (χ4v) is 3.49. The lowest BCUT2D eigenvalue weighted by Crippen LogP contribution is -2.20. The summed E-state index contributed by atoms with van der Waals surface area (Å²) in [6.07, 6.45) is 6.61. The number of aryl methyl sites for hydroxylation is 1. The van der Waals surface area contributed by atoms with Crippen LogP contribution in [0.4, 0.5) is 0 Å². The Bertz CT molecular complexity index is 711. The molecule has 0 bridgehead atoms. The van der Waals surface area contributed by atoms with Crippen molar-refractivity contribution in [3.8, 4) is 5.75 Å². The van der Waals surface area contributed by atoms with Gasteiger partial charge in [0, 0.05) is 24.8 Å². The zero-order chi connectivity index (χ0) is 18.4. The molecule has 0 N–H and O–H groups in total. The lowest BCUT2D eigenvalue weighted by atomic mass is 9.99. The van der Waals surface area contributed by atoms with Crippen LogP contribution in [0.2, 0.25) is 0 Å². The fourth-order valence-electron chi connectivity index (χ4n) is 3.49. The monoisotopic (exact) mass is 357 g/mol. The minimum Gasteiger partial charge on any atom is -0.497 e. The molecular formula is C20H27N3O3. The molecule has 1 unspecified atom stereocenters. The highest BCUT2D eigenvalue weighted by atomic mass is 16.5. The Balaban J connectivity index is 1.45. The van der Waals surface area contributed by atoms with Crippen molar-refractivity contribution < 1.29 is 14.3 Å². The molecule has 6 heteroatoms. The van der Waals surface area contributed by atoms with Crippen LogP contribution in [0.15, 0.2) is 36.7 Å². The van der Waals surface area contributed by atoms with Gasteiger partial charge < -0.3 is 9.47 Å². The number of rotatable bonds is 8. The number of methoxy groups -OCH3 is 2. The summed E-state index contributed by atoms with van der Waals surface area (Å²) in [4.78, 5) is 13.7. The molecule has 1 atom stereocenters. The highest BCUT2D eigenvalue weighted by Crippen LogP contribution is 2.23. The van der Waals surface area contributed by atoms with Crippen LogP contribution >= 0.6 is 0 Å². The number of aromatic nitrogens is 2. The van der Waals surface area contributed by atoms with Crippen molar-refractivity contribution >= 4 is 5.97 Å². The minimum atomic E-state index is -0.206. The van der Waals surface area contributed by atoms with Gasteiger partial charge in [0.15, 0.2) is 0 Å². The molecule has 0 spiro atoms. The van der Waals surface area contributed by atoms with Crippen LogP contribution < -0.4 is 4.74 Å². The second kappa shape index (κ2) is 8.85. The highest BCUT2D eigenvalue weighted by Gasteiger charge is 2.23. The van der Waals surface area contributed by atoms with Gasteiger partial charge in [0.05, 0.1) is 33.4 Å². The van der Waals surface area contributed by atoms with Gasteiger partial charge in [-0.1, -0.05) is 12.1 Å². The second-order valence-corrected chi connectivity index (χ2v) is 6.88. The Morgan fingerprint density at radius 1 is 1.23 bits per heavy atom. The number of carbonyl (C=O) groups excluding carboxylic acids is 1. The molecule has 1 saturated heterocycles. The summed E-state index contributed by atoms with van der Waals surface area (Å²) < 4.78 is 11.7. The van der Waals surface area contributed by atoms with Crippen molar-refractivity contribution in [3.63, 3.8) is 0 Å². The number of esters is 1. The lowest BCUT2D eigenvalue weighted by Gasteiger charge is -2.15. The summed E-state index contributed by atoms with van der Waals surface area (Å²) >= 11 is 0. The third kappa shape index (κ3) is 5.08. The molecule has 3 rings (SSSR count). The largest absolute Gasteiger partial charge is 0.497 e. The molecular weight excluding hydrogens is 330 g/mol. The SMILES string of the molecule is COC(=O)CCn1cc(CN2CCC(Cc3ccc(OC)cc3)C2)cn1. The van der Waals surface area contributed by atoms with E-state index in [1.165, 1.54) is 24.7 Å². The van der Waals surface area contributed by atoms with E-state index < -0.39 is 0 Å². The first-order valence-corrected chi connectivity index (χ1v) is 9.09. The minimum absolute atomic E-state index is 0.206. The topological polar surface area (TPSA) is 56.6 Å². The maximum absolute atomic E-state index is 11.2. The Kier molecular flexibility index (Phi) is 6.28. The van der Waals surface area contributed by atoms with Crippen molar-refractivity contribution in [1.29, 1.82) is 0 Å². The summed E-state index contributed by atoms with van der Waals surface area (Å²) in [6, 6.07) is 8.38. The van der Waals surface area contributed by atoms with E-state index in [9.17, 15) is 4.79 Å². The van der Waals surface area contributed by atoms with Gasteiger partial charge >= 0.3 is 5.97 Å². The van der Waals surface area contributed by atoms with Crippen molar-refractivity contribution in [3.05, 3.63) is 47.8 Å². The first-order chi connectivity index (χ1) is 12.7. The second-order valence-electron chi connectivity index (χ2n) is 6.88. The molecule has 6 nitrogen and oxygen atoms in total. The van der Waals surface area contributed by atoms with E-state index in [0.717, 1.165) is 31.8 Å². The fraction of sp³-hybridized carbons (Fsp3) is 0.500.